The molecule has 1 aromatic rings. The maximum absolute atomic E-state index is 8.77. The van der Waals surface area contributed by atoms with E-state index < -0.39 is 0 Å². The fourth-order valence-corrected chi connectivity index (χ4v) is 4.23. The fraction of sp³-hybridized carbons (Fsp3) is 0.786. The smallest absolute Gasteiger partial charge is 0.0431 e. The van der Waals surface area contributed by atoms with Crippen molar-refractivity contribution in [1.29, 1.82) is 0 Å². The van der Waals surface area contributed by atoms with E-state index in [-0.39, 0.29) is 0 Å². The van der Waals surface area contributed by atoms with Gasteiger partial charge in [0.1, 0.15) is 0 Å². The molecule has 2 heteroatoms. The summed E-state index contributed by atoms with van der Waals surface area (Å²) in [7, 11) is 0. The van der Waals surface area contributed by atoms with Gasteiger partial charge in [-0.1, -0.05) is 114 Å². The van der Waals surface area contributed by atoms with E-state index in [4.69, 9.17) is 10.2 Å². The summed E-state index contributed by atoms with van der Waals surface area (Å²) in [4.78, 5) is 0. The molecule has 1 aromatic carbocycles. The van der Waals surface area contributed by atoms with E-state index >= 15 is 0 Å². The van der Waals surface area contributed by atoms with Crippen LogP contribution in [0.4, 0.5) is 0 Å². The van der Waals surface area contributed by atoms with E-state index in [2.05, 4.69) is 24.3 Å². The monoisotopic (exact) mass is 418 g/mol. The van der Waals surface area contributed by atoms with Crippen LogP contribution in [0.25, 0.3) is 0 Å². The molecule has 0 bridgehead atoms. The van der Waals surface area contributed by atoms with Gasteiger partial charge in [0.05, 0.1) is 0 Å². The molecular formula is C28H50O2. The molecule has 0 aliphatic carbocycles. The number of aliphatic hydroxyl groups excluding tert-OH is 2. The minimum Gasteiger partial charge on any atom is -0.396 e. The highest BCUT2D eigenvalue weighted by atomic mass is 16.3. The van der Waals surface area contributed by atoms with Gasteiger partial charge in [0.25, 0.3) is 0 Å². The van der Waals surface area contributed by atoms with Crippen molar-refractivity contribution in [3.05, 3.63) is 35.4 Å². The van der Waals surface area contributed by atoms with Crippen molar-refractivity contribution in [2.24, 2.45) is 0 Å². The molecule has 174 valence electrons. The van der Waals surface area contributed by atoms with E-state index in [1.54, 1.807) is 0 Å². The molecule has 0 saturated heterocycles. The summed E-state index contributed by atoms with van der Waals surface area (Å²) in [6.45, 7) is 0.712. The minimum atomic E-state index is 0.356. The first-order valence-electron chi connectivity index (χ1n) is 13.2. The van der Waals surface area contributed by atoms with Gasteiger partial charge in [0.15, 0.2) is 0 Å². The van der Waals surface area contributed by atoms with Crippen LogP contribution in [0.5, 0.6) is 0 Å². The zero-order chi connectivity index (χ0) is 21.5. The van der Waals surface area contributed by atoms with Crippen LogP contribution in [0.1, 0.15) is 127 Å². The number of aryl methyl sites for hydroxylation is 2. The van der Waals surface area contributed by atoms with Crippen LogP contribution in [-0.4, -0.2) is 23.4 Å². The van der Waals surface area contributed by atoms with E-state index in [0.717, 1.165) is 12.8 Å². The average molecular weight is 419 g/mol. The number of hydrogen-bond donors (Lipinski definition) is 2. The third-order valence-corrected chi connectivity index (χ3v) is 6.27. The fourth-order valence-electron chi connectivity index (χ4n) is 4.23. The molecule has 0 heterocycles. The number of unbranched alkanes of at least 4 members (excludes halogenated alkanes) is 16. The summed E-state index contributed by atoms with van der Waals surface area (Å²) in [5, 5.41) is 17.5. The van der Waals surface area contributed by atoms with E-state index in [0.29, 0.717) is 13.2 Å². The third-order valence-electron chi connectivity index (χ3n) is 6.27. The predicted octanol–water partition coefficient (Wildman–Crippen LogP) is 7.78. The van der Waals surface area contributed by atoms with Gasteiger partial charge in [-0.2, -0.15) is 0 Å². The Bertz CT molecular complexity index is 411. The molecule has 1 rings (SSSR count). The highest BCUT2D eigenvalue weighted by molar-refractivity contribution is 5.22. The highest BCUT2D eigenvalue weighted by Gasteiger charge is 1.98. The molecule has 0 fully saturated rings. The molecule has 2 N–H and O–H groups in total. The lowest BCUT2D eigenvalue weighted by Gasteiger charge is -2.06. The molecule has 0 unspecified atom stereocenters. The van der Waals surface area contributed by atoms with E-state index in [1.807, 2.05) is 0 Å². The first kappa shape index (κ1) is 27.2. The second-order valence-corrected chi connectivity index (χ2v) is 9.13. The molecule has 2 nitrogen and oxygen atoms in total. The first-order chi connectivity index (χ1) is 14.9. The van der Waals surface area contributed by atoms with Crippen molar-refractivity contribution in [3.63, 3.8) is 0 Å². The van der Waals surface area contributed by atoms with Crippen LogP contribution in [0.2, 0.25) is 0 Å². The first-order valence-corrected chi connectivity index (χ1v) is 13.2. The highest BCUT2D eigenvalue weighted by Crippen LogP contribution is 2.15. The summed E-state index contributed by atoms with van der Waals surface area (Å²) in [6, 6.07) is 9.40. The standard InChI is InChI=1S/C28H50O2/c29-25-17-13-9-5-1-3-7-11-15-19-27-21-23-28(24-22-27)20-16-12-8-4-2-6-10-14-18-26-30/h21-24,29-30H,1-20,25-26H2. The van der Waals surface area contributed by atoms with E-state index in [1.165, 1.54) is 127 Å². The summed E-state index contributed by atoms with van der Waals surface area (Å²) < 4.78 is 0. The lowest BCUT2D eigenvalue weighted by Crippen LogP contribution is -1.90. The van der Waals surface area contributed by atoms with Crippen molar-refractivity contribution in [2.75, 3.05) is 13.2 Å². The van der Waals surface area contributed by atoms with Crippen LogP contribution < -0.4 is 0 Å². The van der Waals surface area contributed by atoms with Crippen molar-refractivity contribution in [2.45, 2.75) is 128 Å². The van der Waals surface area contributed by atoms with Crippen LogP contribution in [-0.2, 0) is 12.8 Å². The van der Waals surface area contributed by atoms with Gasteiger partial charge >= 0.3 is 0 Å². The van der Waals surface area contributed by atoms with Gasteiger partial charge in [-0.15, -0.1) is 0 Å². The summed E-state index contributed by atoms with van der Waals surface area (Å²) >= 11 is 0. The molecule has 0 atom stereocenters. The predicted molar refractivity (Wildman–Crippen MR) is 131 cm³/mol. The summed E-state index contributed by atoms with van der Waals surface area (Å²) in [5.74, 6) is 0. The van der Waals surface area contributed by atoms with E-state index in [9.17, 15) is 0 Å². The number of hydrogen-bond acceptors (Lipinski definition) is 2. The normalized spacial score (nSPS) is 11.3. The lowest BCUT2D eigenvalue weighted by molar-refractivity contribution is 0.282. The summed E-state index contributed by atoms with van der Waals surface area (Å²) in [6.07, 6.45) is 25.7. The minimum absolute atomic E-state index is 0.356. The Labute approximate surface area is 187 Å². The van der Waals surface area contributed by atoms with Gasteiger partial charge in [-0.05, 0) is 49.7 Å². The molecule has 30 heavy (non-hydrogen) atoms. The number of rotatable bonds is 22. The average Bonchev–Trinajstić information content (AvgIpc) is 2.77. The number of aliphatic hydroxyl groups is 2. The molecule has 0 amide bonds. The second-order valence-electron chi connectivity index (χ2n) is 9.13. The Morgan fingerprint density at radius 3 is 0.833 bits per heavy atom. The third kappa shape index (κ3) is 16.9. The molecule has 0 radical (unpaired) electrons. The largest absolute Gasteiger partial charge is 0.396 e. The Kier molecular flexibility index (Phi) is 19.4. The van der Waals surface area contributed by atoms with Crippen molar-refractivity contribution in [1.82, 2.24) is 0 Å². The van der Waals surface area contributed by atoms with Crippen molar-refractivity contribution >= 4 is 0 Å². The number of benzene rings is 1. The zero-order valence-corrected chi connectivity index (χ0v) is 19.8. The maximum atomic E-state index is 8.77. The van der Waals surface area contributed by atoms with Gasteiger partial charge in [-0.25, -0.2) is 0 Å². The van der Waals surface area contributed by atoms with Crippen LogP contribution in [0, 0.1) is 0 Å². The second kappa shape index (κ2) is 21.4. The Morgan fingerprint density at radius 2 is 0.567 bits per heavy atom. The Balaban J connectivity index is 1.92. The molecular weight excluding hydrogens is 368 g/mol. The van der Waals surface area contributed by atoms with Crippen molar-refractivity contribution in [3.8, 4) is 0 Å². The quantitative estimate of drug-likeness (QED) is 0.189. The van der Waals surface area contributed by atoms with Gasteiger partial charge in [-0.3, -0.25) is 0 Å². The van der Waals surface area contributed by atoms with Crippen LogP contribution in [0.15, 0.2) is 24.3 Å². The molecule has 0 aromatic heterocycles. The van der Waals surface area contributed by atoms with Gasteiger partial charge in [0, 0.05) is 13.2 Å². The van der Waals surface area contributed by atoms with Gasteiger partial charge < -0.3 is 10.2 Å². The SMILES string of the molecule is OCCCCCCCCCCCc1ccc(CCCCCCCCCCCO)cc1. The molecule has 0 aliphatic rings. The topological polar surface area (TPSA) is 40.5 Å². The van der Waals surface area contributed by atoms with Crippen LogP contribution >= 0.6 is 0 Å². The maximum Gasteiger partial charge on any atom is 0.0431 e. The Morgan fingerprint density at radius 1 is 0.333 bits per heavy atom. The Hall–Kier alpha value is -0.860. The molecule has 0 saturated carbocycles. The lowest BCUT2D eigenvalue weighted by atomic mass is 10.0. The molecule has 0 aliphatic heterocycles. The van der Waals surface area contributed by atoms with Crippen LogP contribution in [0.3, 0.4) is 0 Å². The van der Waals surface area contributed by atoms with Crippen molar-refractivity contribution < 1.29 is 10.2 Å². The molecule has 0 spiro atoms. The van der Waals surface area contributed by atoms with Gasteiger partial charge in [0.2, 0.25) is 0 Å². The zero-order valence-electron chi connectivity index (χ0n) is 19.8. The summed E-state index contributed by atoms with van der Waals surface area (Å²) in [5.41, 5.74) is 3.01.